The number of morpholine rings is 1. The maximum Gasteiger partial charge on any atom is 0.320 e. The van der Waals surface area contributed by atoms with E-state index in [1.807, 2.05) is 29.2 Å². The molecule has 2 saturated heterocycles. The third-order valence-electron chi connectivity index (χ3n) is 6.65. The number of carbonyl (C=O) groups is 1. The molecule has 0 radical (unpaired) electrons. The molecule has 0 aliphatic carbocycles. The summed E-state index contributed by atoms with van der Waals surface area (Å²) in [5.41, 5.74) is 5.13. The number of hydrogen-bond donors (Lipinski definition) is 2. The lowest BCUT2D eigenvalue weighted by atomic mass is 10.1. The lowest BCUT2D eigenvalue weighted by Gasteiger charge is -2.32. The van der Waals surface area contributed by atoms with Crippen molar-refractivity contribution in [2.75, 3.05) is 43.1 Å². The van der Waals surface area contributed by atoms with E-state index in [1.165, 1.54) is 0 Å². The van der Waals surface area contributed by atoms with Crippen molar-refractivity contribution in [2.45, 2.75) is 25.4 Å². The Morgan fingerprint density at radius 3 is 2.83 bits per heavy atom. The van der Waals surface area contributed by atoms with Crippen LogP contribution in [0.5, 0.6) is 0 Å². The first-order chi connectivity index (χ1) is 17.6. The van der Waals surface area contributed by atoms with Gasteiger partial charge in [0, 0.05) is 42.8 Å². The number of rotatable bonds is 7. The number of ether oxygens (including phenoxy) is 1. The zero-order valence-electron chi connectivity index (χ0n) is 19.9. The van der Waals surface area contributed by atoms with Gasteiger partial charge in [-0.1, -0.05) is 12.1 Å². The minimum atomic E-state index is -0.764. The number of hydrogen-bond acceptors (Lipinski definition) is 8. The van der Waals surface area contributed by atoms with Gasteiger partial charge in [0.1, 0.15) is 6.04 Å². The van der Waals surface area contributed by atoms with Crippen molar-refractivity contribution in [3.05, 3.63) is 65.9 Å². The van der Waals surface area contributed by atoms with Crippen LogP contribution in [0.2, 0.25) is 0 Å². The molecule has 2 aliphatic heterocycles. The summed E-state index contributed by atoms with van der Waals surface area (Å²) in [6.45, 7) is 4.28. The van der Waals surface area contributed by atoms with Crippen molar-refractivity contribution < 1.29 is 14.6 Å². The molecule has 2 N–H and O–H groups in total. The van der Waals surface area contributed by atoms with Crippen molar-refractivity contribution in [3.8, 4) is 17.3 Å². The summed E-state index contributed by atoms with van der Waals surface area (Å²) >= 11 is 0. The molecule has 0 unspecified atom stereocenters. The SMILES string of the molecule is N#Cc1cccc(-c2ccnc(Nc3ccc(N4CCOCC4)c(CN4CCC[C@H]4C(=O)O)c3)n2)c1. The van der Waals surface area contributed by atoms with Crippen molar-refractivity contribution in [1.29, 1.82) is 5.26 Å². The van der Waals surface area contributed by atoms with Crippen LogP contribution in [0.15, 0.2) is 54.7 Å². The van der Waals surface area contributed by atoms with Crippen LogP contribution in [-0.2, 0) is 16.1 Å². The summed E-state index contributed by atoms with van der Waals surface area (Å²) in [5.74, 6) is -0.315. The fourth-order valence-corrected chi connectivity index (χ4v) is 4.87. The van der Waals surface area contributed by atoms with Gasteiger partial charge in [-0.3, -0.25) is 9.69 Å². The second kappa shape index (κ2) is 10.7. The Hall–Kier alpha value is -4.00. The molecule has 5 rings (SSSR count). The van der Waals surface area contributed by atoms with Gasteiger partial charge in [-0.05, 0) is 61.3 Å². The highest BCUT2D eigenvalue weighted by Gasteiger charge is 2.31. The van der Waals surface area contributed by atoms with Gasteiger partial charge in [0.25, 0.3) is 0 Å². The van der Waals surface area contributed by atoms with Crippen molar-refractivity contribution >= 4 is 23.3 Å². The number of aromatic nitrogens is 2. The summed E-state index contributed by atoms with van der Waals surface area (Å²) in [5, 5.41) is 22.2. The average Bonchev–Trinajstić information content (AvgIpc) is 3.38. The Morgan fingerprint density at radius 1 is 1.17 bits per heavy atom. The standard InChI is InChI=1S/C27H28N6O3/c28-17-19-3-1-4-20(15-19)23-8-9-29-27(31-23)30-22-6-7-24(32-11-13-36-14-12-32)21(16-22)18-33-10-2-5-25(33)26(34)35/h1,3-4,6-9,15-16,25H,2,5,10-14,18H2,(H,34,35)(H,29,30,31)/t25-/m0/s1. The fourth-order valence-electron chi connectivity index (χ4n) is 4.87. The summed E-state index contributed by atoms with van der Waals surface area (Å²) in [6.07, 6.45) is 3.25. The molecule has 0 amide bonds. The molecule has 1 atom stereocenters. The summed E-state index contributed by atoms with van der Waals surface area (Å²) in [4.78, 5) is 25.1. The normalized spacial score (nSPS) is 18.1. The molecule has 3 heterocycles. The Balaban J connectivity index is 1.42. The van der Waals surface area contributed by atoms with Crippen LogP contribution < -0.4 is 10.2 Å². The predicted octanol–water partition coefficient (Wildman–Crippen LogP) is 3.64. The van der Waals surface area contributed by atoms with E-state index in [4.69, 9.17) is 4.74 Å². The summed E-state index contributed by atoms with van der Waals surface area (Å²) in [7, 11) is 0. The zero-order chi connectivity index (χ0) is 24.9. The minimum absolute atomic E-state index is 0.449. The molecular weight excluding hydrogens is 456 g/mol. The molecular formula is C27H28N6O3. The molecule has 9 nitrogen and oxygen atoms in total. The maximum atomic E-state index is 11.8. The Labute approximate surface area is 210 Å². The van der Waals surface area contributed by atoms with Crippen LogP contribution in [0.25, 0.3) is 11.3 Å². The summed E-state index contributed by atoms with van der Waals surface area (Å²) < 4.78 is 5.53. The molecule has 0 spiro atoms. The van der Waals surface area contributed by atoms with Crippen molar-refractivity contribution in [3.63, 3.8) is 0 Å². The first kappa shape index (κ1) is 23.7. The van der Waals surface area contributed by atoms with E-state index in [0.717, 1.165) is 54.3 Å². The van der Waals surface area contributed by atoms with E-state index in [0.29, 0.717) is 37.7 Å². The molecule has 2 aliphatic rings. The van der Waals surface area contributed by atoms with Gasteiger partial charge in [0.05, 0.1) is 30.5 Å². The van der Waals surface area contributed by atoms with Crippen molar-refractivity contribution in [2.24, 2.45) is 0 Å². The average molecular weight is 485 g/mol. The minimum Gasteiger partial charge on any atom is -0.480 e. The van der Waals surface area contributed by atoms with Crippen LogP contribution in [0.4, 0.5) is 17.3 Å². The largest absolute Gasteiger partial charge is 0.480 e. The Morgan fingerprint density at radius 2 is 2.03 bits per heavy atom. The van der Waals surface area contributed by atoms with Crippen LogP contribution in [0.1, 0.15) is 24.0 Å². The quantitative estimate of drug-likeness (QED) is 0.519. The zero-order valence-corrected chi connectivity index (χ0v) is 19.9. The number of likely N-dealkylation sites (tertiary alicyclic amines) is 1. The van der Waals surface area contributed by atoms with Crippen LogP contribution >= 0.6 is 0 Å². The molecule has 0 saturated carbocycles. The number of aliphatic carboxylic acids is 1. The van der Waals surface area contributed by atoms with Crippen LogP contribution in [0.3, 0.4) is 0 Å². The number of nitriles is 1. The predicted molar refractivity (Wildman–Crippen MR) is 136 cm³/mol. The molecule has 0 bridgehead atoms. The van der Waals surface area contributed by atoms with E-state index in [9.17, 15) is 15.2 Å². The van der Waals surface area contributed by atoms with Crippen LogP contribution in [0, 0.1) is 11.3 Å². The Kier molecular flexibility index (Phi) is 7.07. The topological polar surface area (TPSA) is 115 Å². The van der Waals surface area contributed by atoms with Gasteiger partial charge < -0.3 is 20.1 Å². The van der Waals surface area contributed by atoms with Gasteiger partial charge in [0.15, 0.2) is 0 Å². The molecule has 3 aromatic rings. The second-order valence-electron chi connectivity index (χ2n) is 8.99. The van der Waals surface area contributed by atoms with Gasteiger partial charge in [-0.15, -0.1) is 0 Å². The number of benzene rings is 2. The highest BCUT2D eigenvalue weighted by molar-refractivity contribution is 5.74. The van der Waals surface area contributed by atoms with E-state index >= 15 is 0 Å². The van der Waals surface area contributed by atoms with Gasteiger partial charge in [-0.2, -0.15) is 5.26 Å². The van der Waals surface area contributed by atoms with Crippen LogP contribution in [-0.4, -0.2) is 64.8 Å². The molecule has 36 heavy (non-hydrogen) atoms. The number of nitrogens with zero attached hydrogens (tertiary/aromatic N) is 5. The highest BCUT2D eigenvalue weighted by Crippen LogP contribution is 2.30. The first-order valence-electron chi connectivity index (χ1n) is 12.1. The fraction of sp³-hybridized carbons (Fsp3) is 0.333. The number of carboxylic acid groups (broad SMARTS) is 1. The summed E-state index contributed by atoms with van der Waals surface area (Å²) in [6, 6.07) is 17.0. The molecule has 184 valence electrons. The highest BCUT2D eigenvalue weighted by atomic mass is 16.5. The van der Waals surface area contributed by atoms with Gasteiger partial charge in [-0.25, -0.2) is 9.97 Å². The molecule has 9 heteroatoms. The second-order valence-corrected chi connectivity index (χ2v) is 8.99. The maximum absolute atomic E-state index is 11.8. The number of nitrogens with one attached hydrogen (secondary N) is 1. The van der Waals surface area contributed by atoms with E-state index in [-0.39, 0.29) is 0 Å². The third-order valence-corrected chi connectivity index (χ3v) is 6.65. The monoisotopic (exact) mass is 484 g/mol. The van der Waals surface area contributed by atoms with E-state index < -0.39 is 12.0 Å². The third kappa shape index (κ3) is 5.30. The molecule has 2 aromatic carbocycles. The first-order valence-corrected chi connectivity index (χ1v) is 12.1. The van der Waals surface area contributed by atoms with Gasteiger partial charge >= 0.3 is 5.97 Å². The molecule has 1 aromatic heterocycles. The van der Waals surface area contributed by atoms with Gasteiger partial charge in [0.2, 0.25) is 5.95 Å². The smallest absolute Gasteiger partial charge is 0.320 e. The van der Waals surface area contributed by atoms with E-state index in [1.54, 1.807) is 18.3 Å². The van der Waals surface area contributed by atoms with E-state index in [2.05, 4.69) is 38.4 Å². The molecule has 2 fully saturated rings. The number of carboxylic acids is 1. The lowest BCUT2D eigenvalue weighted by Crippen LogP contribution is -2.38. The van der Waals surface area contributed by atoms with Crippen molar-refractivity contribution in [1.82, 2.24) is 14.9 Å². The lowest BCUT2D eigenvalue weighted by molar-refractivity contribution is -0.142. The Bertz CT molecular complexity index is 1280. The number of anilines is 3.